The zero-order chi connectivity index (χ0) is 18.9. The smallest absolute Gasteiger partial charge is 0.303 e. The van der Waals surface area contributed by atoms with E-state index in [4.69, 9.17) is 22.0 Å². The van der Waals surface area contributed by atoms with Crippen molar-refractivity contribution in [3.63, 3.8) is 0 Å². The Morgan fingerprint density at radius 3 is 2.46 bits per heavy atom. The number of benzene rings is 2. The Balaban J connectivity index is 2.21. The molecule has 1 N–H and O–H groups in total. The molecule has 0 amide bonds. The van der Waals surface area contributed by atoms with Crippen LogP contribution >= 0.6 is 11.6 Å². The predicted molar refractivity (Wildman–Crippen MR) is 96.6 cm³/mol. The molecule has 26 heavy (non-hydrogen) atoms. The summed E-state index contributed by atoms with van der Waals surface area (Å²) >= 11 is 5.99. The molecule has 0 unspecified atom stereocenters. The summed E-state index contributed by atoms with van der Waals surface area (Å²) in [4.78, 5) is 10.9. The Bertz CT molecular complexity index is 1140. The maximum absolute atomic E-state index is 13.2. The first-order chi connectivity index (χ1) is 12.3. The zero-order valence-corrected chi connectivity index (χ0v) is 15.0. The molecule has 0 aliphatic rings. The van der Waals surface area contributed by atoms with Gasteiger partial charge in [-0.1, -0.05) is 11.6 Å². The summed E-state index contributed by atoms with van der Waals surface area (Å²) < 4.78 is 27.5. The van der Waals surface area contributed by atoms with Crippen molar-refractivity contribution in [1.82, 2.24) is 3.97 Å². The fraction of sp³-hybridized carbons (Fsp3) is 0.111. The number of fused-ring (bicyclic) bond motifs is 1. The van der Waals surface area contributed by atoms with Gasteiger partial charge < -0.3 is 5.11 Å². The highest BCUT2D eigenvalue weighted by molar-refractivity contribution is 7.90. The first kappa shape index (κ1) is 18.0. The van der Waals surface area contributed by atoms with Crippen LogP contribution in [0.2, 0.25) is 5.02 Å². The molecule has 0 saturated heterocycles. The molecule has 132 valence electrons. The second-order valence-corrected chi connectivity index (χ2v) is 7.86. The number of halogens is 1. The Morgan fingerprint density at radius 2 is 1.85 bits per heavy atom. The largest absolute Gasteiger partial charge is 0.481 e. The molecule has 8 heteroatoms. The summed E-state index contributed by atoms with van der Waals surface area (Å²) in [5.74, 6) is -1.02. The quantitative estimate of drug-likeness (QED) is 0.721. The van der Waals surface area contributed by atoms with Crippen LogP contribution in [-0.2, 0) is 21.2 Å². The van der Waals surface area contributed by atoms with E-state index in [1.165, 1.54) is 24.3 Å². The van der Waals surface area contributed by atoms with Gasteiger partial charge in [0.2, 0.25) is 0 Å². The van der Waals surface area contributed by atoms with Gasteiger partial charge in [-0.3, -0.25) is 4.79 Å². The van der Waals surface area contributed by atoms with Crippen molar-refractivity contribution in [3.05, 3.63) is 64.8 Å². The molecular formula is C18H13ClN2O4S. The SMILES string of the molecule is N#Cc1ccc(S(=O)(=O)n2c(CCC(=O)O)cc3cc(Cl)ccc32)cc1. The number of hydrogen-bond donors (Lipinski definition) is 1. The van der Waals surface area contributed by atoms with Gasteiger partial charge in [0.05, 0.1) is 28.5 Å². The van der Waals surface area contributed by atoms with Gasteiger partial charge in [-0.25, -0.2) is 12.4 Å². The number of nitriles is 1. The van der Waals surface area contributed by atoms with Gasteiger partial charge in [0, 0.05) is 16.1 Å². The Kier molecular flexibility index (Phi) is 4.72. The van der Waals surface area contributed by atoms with Crippen molar-refractivity contribution in [2.45, 2.75) is 17.7 Å². The van der Waals surface area contributed by atoms with E-state index in [1.54, 1.807) is 24.3 Å². The van der Waals surface area contributed by atoms with Crippen LogP contribution in [0.1, 0.15) is 17.7 Å². The van der Waals surface area contributed by atoms with Gasteiger partial charge in [-0.15, -0.1) is 0 Å². The minimum absolute atomic E-state index is 0.0144. The highest BCUT2D eigenvalue weighted by Gasteiger charge is 2.23. The average Bonchev–Trinajstić information content (AvgIpc) is 2.98. The number of carboxylic acid groups (broad SMARTS) is 1. The number of aromatic nitrogens is 1. The molecule has 3 aromatic rings. The van der Waals surface area contributed by atoms with Crippen molar-refractivity contribution in [2.24, 2.45) is 0 Å². The fourth-order valence-corrected chi connectivity index (χ4v) is 4.47. The zero-order valence-electron chi connectivity index (χ0n) is 13.4. The first-order valence-corrected chi connectivity index (χ1v) is 9.42. The molecule has 0 aliphatic carbocycles. The van der Waals surface area contributed by atoms with E-state index in [9.17, 15) is 13.2 Å². The number of hydrogen-bond acceptors (Lipinski definition) is 4. The molecule has 0 radical (unpaired) electrons. The molecule has 0 spiro atoms. The van der Waals surface area contributed by atoms with Crippen molar-refractivity contribution < 1.29 is 18.3 Å². The van der Waals surface area contributed by atoms with E-state index in [1.807, 2.05) is 6.07 Å². The lowest BCUT2D eigenvalue weighted by Crippen LogP contribution is -2.16. The molecule has 0 aliphatic heterocycles. The number of carboxylic acids is 1. The molecule has 0 saturated carbocycles. The van der Waals surface area contributed by atoms with E-state index < -0.39 is 16.0 Å². The lowest BCUT2D eigenvalue weighted by molar-refractivity contribution is -0.136. The summed E-state index contributed by atoms with van der Waals surface area (Å²) in [5.41, 5.74) is 1.12. The van der Waals surface area contributed by atoms with Crippen LogP contribution in [0.15, 0.2) is 53.4 Å². The molecule has 0 bridgehead atoms. The maximum atomic E-state index is 13.2. The molecule has 2 aromatic carbocycles. The van der Waals surface area contributed by atoms with E-state index >= 15 is 0 Å². The fourth-order valence-electron chi connectivity index (χ4n) is 2.72. The Labute approximate surface area is 154 Å². The van der Waals surface area contributed by atoms with Crippen LogP contribution in [0.25, 0.3) is 10.9 Å². The van der Waals surface area contributed by atoms with Gasteiger partial charge in [-0.05, 0) is 55.0 Å². The van der Waals surface area contributed by atoms with Crippen LogP contribution in [0.4, 0.5) is 0 Å². The monoisotopic (exact) mass is 388 g/mol. The van der Waals surface area contributed by atoms with Crippen molar-refractivity contribution in [3.8, 4) is 6.07 Å². The van der Waals surface area contributed by atoms with Crippen LogP contribution in [0, 0.1) is 11.3 Å². The summed E-state index contributed by atoms with van der Waals surface area (Å²) in [7, 11) is -3.97. The normalized spacial score (nSPS) is 11.4. The number of carbonyl (C=O) groups is 1. The lowest BCUT2D eigenvalue weighted by Gasteiger charge is -2.12. The number of aliphatic carboxylic acids is 1. The Hall–Kier alpha value is -2.82. The van der Waals surface area contributed by atoms with Gasteiger partial charge in [-0.2, -0.15) is 5.26 Å². The second-order valence-electron chi connectivity index (χ2n) is 5.64. The standard InChI is InChI=1S/C18H13ClN2O4S/c19-14-3-7-17-13(9-14)10-15(4-8-18(22)23)21(17)26(24,25)16-5-1-12(11-20)2-6-16/h1-3,5-7,9-10H,4,8H2,(H,22,23). The molecule has 3 rings (SSSR count). The molecule has 1 aromatic heterocycles. The summed E-state index contributed by atoms with van der Waals surface area (Å²) in [6.45, 7) is 0. The van der Waals surface area contributed by atoms with Crippen LogP contribution < -0.4 is 0 Å². The highest BCUT2D eigenvalue weighted by atomic mass is 35.5. The maximum Gasteiger partial charge on any atom is 0.303 e. The topological polar surface area (TPSA) is 100 Å². The molecule has 1 heterocycles. The third-order valence-corrected chi connectivity index (χ3v) is 5.92. The third-order valence-electron chi connectivity index (χ3n) is 3.91. The summed E-state index contributed by atoms with van der Waals surface area (Å²) in [6.07, 6.45) is -0.149. The predicted octanol–water partition coefficient (Wildman–Crippen LogP) is 3.42. The second kappa shape index (κ2) is 6.83. The van der Waals surface area contributed by atoms with E-state index in [0.29, 0.717) is 27.2 Å². The van der Waals surface area contributed by atoms with Crippen molar-refractivity contribution in [2.75, 3.05) is 0 Å². The van der Waals surface area contributed by atoms with Crippen molar-refractivity contribution in [1.29, 1.82) is 5.26 Å². The lowest BCUT2D eigenvalue weighted by atomic mass is 10.2. The van der Waals surface area contributed by atoms with Crippen molar-refractivity contribution >= 4 is 38.5 Å². The number of aryl methyl sites for hydroxylation is 1. The first-order valence-electron chi connectivity index (χ1n) is 7.60. The molecule has 0 fully saturated rings. The van der Waals surface area contributed by atoms with Gasteiger partial charge in [0.15, 0.2) is 0 Å². The minimum atomic E-state index is -3.97. The van der Waals surface area contributed by atoms with Crippen LogP contribution in [0.3, 0.4) is 0 Å². The Morgan fingerprint density at radius 1 is 1.15 bits per heavy atom. The highest BCUT2D eigenvalue weighted by Crippen LogP contribution is 2.28. The number of rotatable bonds is 5. The van der Waals surface area contributed by atoms with E-state index in [2.05, 4.69) is 0 Å². The summed E-state index contributed by atoms with van der Waals surface area (Å²) in [5, 5.41) is 18.9. The molecular weight excluding hydrogens is 376 g/mol. The van der Waals surface area contributed by atoms with E-state index in [-0.39, 0.29) is 17.7 Å². The third kappa shape index (κ3) is 3.29. The van der Waals surface area contributed by atoms with E-state index in [0.717, 1.165) is 3.97 Å². The van der Waals surface area contributed by atoms with Crippen LogP contribution in [0.5, 0.6) is 0 Å². The van der Waals surface area contributed by atoms with Crippen LogP contribution in [-0.4, -0.2) is 23.5 Å². The van der Waals surface area contributed by atoms with Gasteiger partial charge in [0.1, 0.15) is 0 Å². The molecule has 0 atom stereocenters. The summed E-state index contributed by atoms with van der Waals surface area (Å²) in [6, 6.07) is 13.9. The van der Waals surface area contributed by atoms with Gasteiger partial charge >= 0.3 is 5.97 Å². The van der Waals surface area contributed by atoms with Gasteiger partial charge in [0.25, 0.3) is 10.0 Å². The minimum Gasteiger partial charge on any atom is -0.481 e. The average molecular weight is 389 g/mol. The molecule has 6 nitrogen and oxygen atoms in total. The number of nitrogens with zero attached hydrogens (tertiary/aromatic N) is 2.